The van der Waals surface area contributed by atoms with Gasteiger partial charge in [-0.25, -0.2) is 14.4 Å². The van der Waals surface area contributed by atoms with Gasteiger partial charge in [0.05, 0.1) is 54.3 Å². The summed E-state index contributed by atoms with van der Waals surface area (Å²) in [7, 11) is 0. The minimum absolute atomic E-state index is 0.141. The molecule has 0 saturated carbocycles. The molecule has 3 atom stereocenters. The van der Waals surface area contributed by atoms with Crippen molar-refractivity contribution in [2.24, 2.45) is 0 Å². The molecule has 10 nitrogen and oxygen atoms in total. The quantitative estimate of drug-likeness (QED) is 0.406. The first-order valence-electron chi connectivity index (χ1n) is 10.7. The molecule has 1 unspecified atom stereocenters. The molecule has 3 aromatic rings. The molecule has 0 spiro atoms. The summed E-state index contributed by atoms with van der Waals surface area (Å²) in [5.74, 6) is -0.143. The Hall–Kier alpha value is -3.59. The number of nitriles is 1. The molecule has 4 heterocycles. The fourth-order valence-corrected chi connectivity index (χ4v) is 3.55. The van der Waals surface area contributed by atoms with E-state index in [0.717, 1.165) is 5.39 Å². The number of nitrogens with zero attached hydrogens (tertiary/aromatic N) is 4. The van der Waals surface area contributed by atoms with Crippen LogP contribution < -0.4 is 10.6 Å². The molecule has 0 radical (unpaired) electrons. The Labute approximate surface area is 195 Å². The van der Waals surface area contributed by atoms with Gasteiger partial charge < -0.3 is 25.6 Å². The van der Waals surface area contributed by atoms with E-state index in [1.165, 1.54) is 26.2 Å². The van der Waals surface area contributed by atoms with Gasteiger partial charge in [-0.15, -0.1) is 0 Å². The average molecular weight is 468 g/mol. The molecule has 1 aliphatic heterocycles. The zero-order chi connectivity index (χ0) is 24.5. The Morgan fingerprint density at radius 2 is 2.18 bits per heavy atom. The fraction of sp³-hybridized carbons (Fsp3) is 0.391. The third kappa shape index (κ3) is 4.84. The van der Waals surface area contributed by atoms with Gasteiger partial charge in [0.25, 0.3) is 5.91 Å². The number of rotatable bonds is 7. The van der Waals surface area contributed by atoms with Gasteiger partial charge in [-0.1, -0.05) is 0 Å². The molecule has 3 aromatic heterocycles. The molecule has 0 bridgehead atoms. The van der Waals surface area contributed by atoms with Crippen LogP contribution in [0.5, 0.6) is 0 Å². The van der Waals surface area contributed by atoms with Crippen molar-refractivity contribution >= 4 is 22.6 Å². The maximum Gasteiger partial charge on any atom is 0.255 e. The molecule has 34 heavy (non-hydrogen) atoms. The predicted octanol–water partition coefficient (Wildman–Crippen LogP) is 1.30. The maximum atomic E-state index is 14.1. The van der Waals surface area contributed by atoms with Crippen molar-refractivity contribution in [1.82, 2.24) is 19.9 Å². The number of pyridine rings is 2. The summed E-state index contributed by atoms with van der Waals surface area (Å²) in [5.41, 5.74) is -0.0899. The van der Waals surface area contributed by atoms with Crippen LogP contribution in [0.15, 0.2) is 36.8 Å². The first kappa shape index (κ1) is 23.6. The van der Waals surface area contributed by atoms with E-state index >= 15 is 0 Å². The number of ether oxygens (including phenoxy) is 1. The average Bonchev–Trinajstić information content (AvgIpc) is 3.41. The fourth-order valence-electron chi connectivity index (χ4n) is 3.55. The third-order valence-corrected chi connectivity index (χ3v) is 5.64. The van der Waals surface area contributed by atoms with Gasteiger partial charge in [0.1, 0.15) is 23.7 Å². The van der Waals surface area contributed by atoms with Gasteiger partial charge in [0, 0.05) is 30.0 Å². The lowest BCUT2D eigenvalue weighted by atomic mass is 10.0. The lowest BCUT2D eigenvalue weighted by Gasteiger charge is -2.23. The highest BCUT2D eigenvalue weighted by atomic mass is 19.1. The third-order valence-electron chi connectivity index (χ3n) is 5.64. The number of carbonyl (C=O) groups is 1. The number of nitrogens with one attached hydrogen (secondary N) is 2. The van der Waals surface area contributed by atoms with Crippen LogP contribution in [0.1, 0.15) is 29.8 Å². The maximum absolute atomic E-state index is 14.1. The second-order valence-corrected chi connectivity index (χ2v) is 8.71. The smallest absolute Gasteiger partial charge is 0.255 e. The summed E-state index contributed by atoms with van der Waals surface area (Å²) in [6.07, 6.45) is 2.12. The number of amides is 1. The van der Waals surface area contributed by atoms with Crippen LogP contribution in [0, 0.1) is 11.3 Å². The van der Waals surface area contributed by atoms with E-state index in [1.54, 1.807) is 29.0 Å². The molecule has 4 N–H and O–H groups in total. The number of fused-ring (bicyclic) bond motifs is 1. The lowest BCUT2D eigenvalue weighted by molar-refractivity contribution is -0.00177. The minimum Gasteiger partial charge on any atom is -0.388 e. The highest BCUT2D eigenvalue weighted by Gasteiger charge is 2.29. The highest BCUT2D eigenvalue weighted by Crippen LogP contribution is 2.25. The Morgan fingerprint density at radius 3 is 2.85 bits per heavy atom. The second-order valence-electron chi connectivity index (χ2n) is 8.71. The van der Waals surface area contributed by atoms with Crippen LogP contribution in [-0.4, -0.2) is 74.3 Å². The van der Waals surface area contributed by atoms with Crippen molar-refractivity contribution in [3.05, 3.63) is 47.9 Å². The van der Waals surface area contributed by atoms with E-state index in [9.17, 15) is 19.4 Å². The molecule has 1 fully saturated rings. The number of aromatic nitrogens is 3. The first-order valence-corrected chi connectivity index (χ1v) is 10.7. The second kappa shape index (κ2) is 9.34. The summed E-state index contributed by atoms with van der Waals surface area (Å²) >= 11 is 0. The zero-order valence-electron chi connectivity index (χ0n) is 18.7. The Kier molecular flexibility index (Phi) is 6.47. The number of carbonyl (C=O) groups excluding carboxylic acids is 1. The van der Waals surface area contributed by atoms with Crippen molar-refractivity contribution in [2.75, 3.05) is 25.1 Å². The first-order chi connectivity index (χ1) is 16.2. The van der Waals surface area contributed by atoms with Crippen molar-refractivity contribution in [3.8, 4) is 11.9 Å². The number of aliphatic hydroxyl groups excluding tert-OH is 1. The van der Waals surface area contributed by atoms with Gasteiger partial charge in [-0.2, -0.15) is 5.26 Å². The molecule has 4 rings (SSSR count). The molecule has 0 aliphatic carbocycles. The van der Waals surface area contributed by atoms with Crippen molar-refractivity contribution in [2.45, 2.75) is 37.8 Å². The molecule has 178 valence electrons. The Bertz CT molecular complexity index is 1250. The van der Waals surface area contributed by atoms with Crippen LogP contribution in [0.25, 0.3) is 16.9 Å². The van der Waals surface area contributed by atoms with E-state index in [0.29, 0.717) is 22.7 Å². The van der Waals surface area contributed by atoms with Gasteiger partial charge in [0.2, 0.25) is 0 Å². The van der Waals surface area contributed by atoms with E-state index in [-0.39, 0.29) is 25.3 Å². The van der Waals surface area contributed by atoms with Crippen LogP contribution in [-0.2, 0) is 4.74 Å². The molecule has 11 heteroatoms. The number of anilines is 1. The van der Waals surface area contributed by atoms with Gasteiger partial charge in [-0.05, 0) is 26.0 Å². The van der Waals surface area contributed by atoms with Gasteiger partial charge in [0.15, 0.2) is 0 Å². The lowest BCUT2D eigenvalue weighted by Crippen LogP contribution is -2.42. The van der Waals surface area contributed by atoms with Crippen LogP contribution >= 0.6 is 0 Å². The molecular weight excluding hydrogens is 443 g/mol. The van der Waals surface area contributed by atoms with E-state index < -0.39 is 29.8 Å². The van der Waals surface area contributed by atoms with Crippen molar-refractivity contribution in [3.63, 3.8) is 0 Å². The molecular formula is C23H25FN6O4. The van der Waals surface area contributed by atoms with E-state index in [1.807, 2.05) is 0 Å². The van der Waals surface area contributed by atoms with Gasteiger partial charge >= 0.3 is 0 Å². The van der Waals surface area contributed by atoms with Crippen molar-refractivity contribution < 1.29 is 24.1 Å². The minimum atomic E-state index is -1.67. The Balaban J connectivity index is 1.67. The molecule has 1 saturated heterocycles. The number of hydrogen-bond donors (Lipinski definition) is 4. The summed E-state index contributed by atoms with van der Waals surface area (Å²) in [6, 6.07) is 6.73. The summed E-state index contributed by atoms with van der Waals surface area (Å²) in [6.45, 7) is 2.68. The number of halogens is 1. The molecule has 0 aromatic carbocycles. The topological polar surface area (TPSA) is 145 Å². The van der Waals surface area contributed by atoms with Gasteiger partial charge in [-0.3, -0.25) is 9.36 Å². The number of hydrogen-bond acceptors (Lipinski definition) is 8. The zero-order valence-corrected chi connectivity index (χ0v) is 18.7. The summed E-state index contributed by atoms with van der Waals surface area (Å²) < 4.78 is 21.1. The monoisotopic (exact) mass is 468 g/mol. The predicted molar refractivity (Wildman–Crippen MR) is 121 cm³/mol. The SMILES string of the molecule is CC(C)(O)C(F)CNC(=O)c1cnc(-n2ccc3cc(C#N)cnc32)cc1N[C@@H]1COC[C@H]1O. The van der Waals surface area contributed by atoms with Crippen LogP contribution in [0.2, 0.25) is 0 Å². The standard InChI is InChI=1S/C23H25FN6O4/c1-23(2,33)19(24)10-28-22(32)15-9-26-20(6-16(15)29-17-11-34-12-18(17)31)30-4-3-14-5-13(7-25)8-27-21(14)30/h3-6,8-9,17-19,31,33H,10-12H2,1-2H3,(H,26,29)(H,28,32)/t17-,18-,19?/m1/s1. The van der Waals surface area contributed by atoms with Crippen molar-refractivity contribution in [1.29, 1.82) is 5.26 Å². The molecule has 1 amide bonds. The van der Waals surface area contributed by atoms with E-state index in [2.05, 4.69) is 26.7 Å². The summed E-state index contributed by atoms with van der Waals surface area (Å²) in [5, 5.41) is 35.4. The highest BCUT2D eigenvalue weighted by molar-refractivity contribution is 5.99. The normalized spacial score (nSPS) is 19.1. The number of aliphatic hydroxyl groups is 2. The van der Waals surface area contributed by atoms with Crippen LogP contribution in [0.3, 0.4) is 0 Å². The largest absolute Gasteiger partial charge is 0.388 e. The number of alkyl halides is 1. The molecule has 1 aliphatic rings. The summed E-state index contributed by atoms with van der Waals surface area (Å²) in [4.78, 5) is 21.6. The van der Waals surface area contributed by atoms with E-state index in [4.69, 9.17) is 10.00 Å². The Morgan fingerprint density at radius 1 is 1.38 bits per heavy atom. The van der Waals surface area contributed by atoms with Crippen LogP contribution in [0.4, 0.5) is 10.1 Å².